The van der Waals surface area contributed by atoms with Crippen LogP contribution in [-0.4, -0.2) is 64.7 Å². The smallest absolute Gasteiger partial charge is 0.243 e. The molecule has 0 spiro atoms. The van der Waals surface area contributed by atoms with E-state index in [1.807, 2.05) is 0 Å². The minimum absolute atomic E-state index is 0.0709. The van der Waals surface area contributed by atoms with Crippen molar-refractivity contribution >= 4 is 20.0 Å². The quantitative estimate of drug-likeness (QED) is 0.805. The number of benzene rings is 1. The first-order chi connectivity index (χ1) is 12.4. The first-order valence-electron chi connectivity index (χ1n) is 9.20. The molecule has 0 aromatic heterocycles. The Morgan fingerprint density at radius 1 is 0.808 bits per heavy atom. The molecule has 0 aliphatic carbocycles. The van der Waals surface area contributed by atoms with Gasteiger partial charge in [0.2, 0.25) is 20.0 Å². The molecule has 7 nitrogen and oxygen atoms in total. The van der Waals surface area contributed by atoms with Crippen molar-refractivity contribution in [2.45, 2.75) is 29.1 Å². The van der Waals surface area contributed by atoms with Crippen molar-refractivity contribution in [3.63, 3.8) is 0 Å². The third-order valence-corrected chi connectivity index (χ3v) is 9.47. The molecule has 2 atom stereocenters. The fourth-order valence-corrected chi connectivity index (χ4v) is 7.45. The number of hydrogen-bond acceptors (Lipinski definition) is 5. The Labute approximate surface area is 155 Å². The summed E-state index contributed by atoms with van der Waals surface area (Å²) in [7, 11) is -7.31. The Morgan fingerprint density at radius 2 is 1.35 bits per heavy atom. The molecule has 9 heteroatoms. The van der Waals surface area contributed by atoms with E-state index in [1.54, 1.807) is 0 Å². The summed E-state index contributed by atoms with van der Waals surface area (Å²) >= 11 is 0. The predicted octanol–water partition coefficient (Wildman–Crippen LogP) is 0.701. The Bertz CT molecular complexity index is 867. The third kappa shape index (κ3) is 3.20. The van der Waals surface area contributed by atoms with Gasteiger partial charge in [0.15, 0.2) is 0 Å². The highest BCUT2D eigenvalue weighted by Gasteiger charge is 2.41. The Morgan fingerprint density at radius 3 is 1.92 bits per heavy atom. The SMILES string of the molecule is O=S(=O)(c1cccc(S(=O)(=O)N2C[C@H]3CNC[C@H]3C2)c1)N1CCCCC1. The molecule has 4 rings (SSSR count). The molecular weight excluding hydrogens is 374 g/mol. The summed E-state index contributed by atoms with van der Waals surface area (Å²) in [5, 5.41) is 3.30. The van der Waals surface area contributed by atoms with Crippen molar-refractivity contribution in [1.29, 1.82) is 0 Å². The lowest BCUT2D eigenvalue weighted by atomic mass is 10.0. The van der Waals surface area contributed by atoms with Crippen molar-refractivity contribution in [2.75, 3.05) is 39.3 Å². The lowest BCUT2D eigenvalue weighted by Gasteiger charge is -2.26. The number of hydrogen-bond donors (Lipinski definition) is 1. The fraction of sp³-hybridized carbons (Fsp3) is 0.647. The van der Waals surface area contributed by atoms with Crippen LogP contribution >= 0.6 is 0 Å². The lowest BCUT2D eigenvalue weighted by Crippen LogP contribution is -2.36. The zero-order chi connectivity index (χ0) is 18.4. The van der Waals surface area contributed by atoms with Crippen LogP contribution in [0.3, 0.4) is 0 Å². The molecule has 3 heterocycles. The van der Waals surface area contributed by atoms with E-state index in [9.17, 15) is 16.8 Å². The zero-order valence-corrected chi connectivity index (χ0v) is 16.3. The van der Waals surface area contributed by atoms with Crippen LogP contribution in [0.1, 0.15) is 19.3 Å². The van der Waals surface area contributed by atoms with Crippen LogP contribution in [0.15, 0.2) is 34.1 Å². The van der Waals surface area contributed by atoms with E-state index in [0.29, 0.717) is 38.0 Å². The predicted molar refractivity (Wildman–Crippen MR) is 97.7 cm³/mol. The third-order valence-electron chi connectivity index (χ3n) is 5.75. The largest absolute Gasteiger partial charge is 0.316 e. The molecule has 3 saturated heterocycles. The molecule has 1 N–H and O–H groups in total. The van der Waals surface area contributed by atoms with Gasteiger partial charge in [-0.15, -0.1) is 0 Å². The van der Waals surface area contributed by atoms with Gasteiger partial charge in [-0.1, -0.05) is 12.5 Å². The van der Waals surface area contributed by atoms with Crippen molar-refractivity contribution in [3.05, 3.63) is 24.3 Å². The van der Waals surface area contributed by atoms with Crippen molar-refractivity contribution in [1.82, 2.24) is 13.9 Å². The lowest BCUT2D eigenvalue weighted by molar-refractivity contribution is 0.346. The second kappa shape index (κ2) is 6.87. The maximum Gasteiger partial charge on any atom is 0.243 e. The number of piperidine rings is 1. The van der Waals surface area contributed by atoms with Crippen LogP contribution in [0, 0.1) is 11.8 Å². The number of fused-ring (bicyclic) bond motifs is 1. The summed E-state index contributed by atoms with van der Waals surface area (Å²) in [6.45, 7) is 3.70. The first-order valence-corrected chi connectivity index (χ1v) is 12.1. The van der Waals surface area contributed by atoms with Crippen LogP contribution in [0.2, 0.25) is 0 Å². The van der Waals surface area contributed by atoms with Crippen LogP contribution < -0.4 is 5.32 Å². The Kier molecular flexibility index (Phi) is 4.85. The monoisotopic (exact) mass is 399 g/mol. The second-order valence-electron chi connectivity index (χ2n) is 7.44. The van der Waals surface area contributed by atoms with E-state index < -0.39 is 20.0 Å². The van der Waals surface area contributed by atoms with E-state index in [1.165, 1.54) is 32.9 Å². The molecule has 0 saturated carbocycles. The molecule has 26 heavy (non-hydrogen) atoms. The van der Waals surface area contributed by atoms with E-state index in [0.717, 1.165) is 32.4 Å². The average Bonchev–Trinajstić information content (AvgIpc) is 3.25. The number of nitrogens with zero attached hydrogens (tertiary/aromatic N) is 2. The number of sulfonamides is 2. The van der Waals surface area contributed by atoms with Crippen LogP contribution in [0.25, 0.3) is 0 Å². The van der Waals surface area contributed by atoms with Gasteiger partial charge in [0.05, 0.1) is 9.79 Å². The second-order valence-corrected chi connectivity index (χ2v) is 11.3. The van der Waals surface area contributed by atoms with Gasteiger partial charge < -0.3 is 5.32 Å². The molecule has 3 fully saturated rings. The first kappa shape index (κ1) is 18.4. The van der Waals surface area contributed by atoms with Gasteiger partial charge in [-0.3, -0.25) is 0 Å². The van der Waals surface area contributed by atoms with Gasteiger partial charge in [0.25, 0.3) is 0 Å². The van der Waals surface area contributed by atoms with Gasteiger partial charge in [-0.05, 0) is 56.0 Å². The summed E-state index contributed by atoms with van der Waals surface area (Å²) < 4.78 is 54.7. The highest BCUT2D eigenvalue weighted by Crippen LogP contribution is 2.31. The highest BCUT2D eigenvalue weighted by molar-refractivity contribution is 7.90. The normalized spacial score (nSPS) is 28.3. The van der Waals surface area contributed by atoms with Crippen LogP contribution in [-0.2, 0) is 20.0 Å². The van der Waals surface area contributed by atoms with E-state index in [4.69, 9.17) is 0 Å². The summed E-state index contributed by atoms with van der Waals surface area (Å²) in [6.07, 6.45) is 2.73. The Hall–Kier alpha value is -1.00. The maximum absolute atomic E-state index is 13.0. The van der Waals surface area contributed by atoms with E-state index >= 15 is 0 Å². The van der Waals surface area contributed by atoms with E-state index in [-0.39, 0.29) is 9.79 Å². The topological polar surface area (TPSA) is 86.8 Å². The molecule has 1 aromatic rings. The molecule has 0 amide bonds. The molecule has 0 bridgehead atoms. The highest BCUT2D eigenvalue weighted by atomic mass is 32.2. The summed E-state index contributed by atoms with van der Waals surface area (Å²) in [6, 6.07) is 5.84. The number of rotatable bonds is 4. The van der Waals surface area contributed by atoms with Crippen molar-refractivity contribution < 1.29 is 16.8 Å². The molecule has 3 aliphatic heterocycles. The van der Waals surface area contributed by atoms with Gasteiger partial charge in [-0.25, -0.2) is 16.8 Å². The van der Waals surface area contributed by atoms with Crippen molar-refractivity contribution in [3.8, 4) is 0 Å². The summed E-state index contributed by atoms with van der Waals surface area (Å²) in [4.78, 5) is 0.144. The summed E-state index contributed by atoms with van der Waals surface area (Å²) in [5.74, 6) is 0.704. The molecule has 0 radical (unpaired) electrons. The van der Waals surface area contributed by atoms with Crippen molar-refractivity contribution in [2.24, 2.45) is 11.8 Å². The van der Waals surface area contributed by atoms with E-state index in [2.05, 4.69) is 5.32 Å². The molecule has 144 valence electrons. The molecule has 3 aliphatic rings. The molecular formula is C17H25N3O4S2. The Balaban J connectivity index is 1.61. The minimum atomic E-state index is -3.67. The van der Waals surface area contributed by atoms with Crippen LogP contribution in [0.5, 0.6) is 0 Å². The van der Waals surface area contributed by atoms with Gasteiger partial charge >= 0.3 is 0 Å². The number of nitrogens with one attached hydrogen (secondary N) is 1. The standard InChI is InChI=1S/C17H25N3O4S2/c21-25(22,19-7-2-1-3-8-19)16-5-4-6-17(9-16)26(23,24)20-12-14-10-18-11-15(14)13-20/h4-6,9,14-15,18H,1-3,7-8,10-13H2/t14-,15+. The fourth-order valence-electron chi connectivity index (χ4n) is 4.21. The summed E-state index contributed by atoms with van der Waals surface area (Å²) in [5.41, 5.74) is 0. The van der Waals surface area contributed by atoms with Gasteiger partial charge in [-0.2, -0.15) is 8.61 Å². The minimum Gasteiger partial charge on any atom is -0.316 e. The molecule has 1 aromatic carbocycles. The van der Waals surface area contributed by atoms with Crippen LogP contribution in [0.4, 0.5) is 0 Å². The van der Waals surface area contributed by atoms with Gasteiger partial charge in [0.1, 0.15) is 0 Å². The van der Waals surface area contributed by atoms with Gasteiger partial charge in [0, 0.05) is 26.2 Å². The average molecular weight is 400 g/mol. The molecule has 0 unspecified atom stereocenters. The zero-order valence-electron chi connectivity index (χ0n) is 14.7. The maximum atomic E-state index is 13.0.